The Labute approximate surface area is 154 Å². The van der Waals surface area contributed by atoms with Crippen LogP contribution in [0.25, 0.3) is 22.1 Å². The summed E-state index contributed by atoms with van der Waals surface area (Å²) in [5, 5.41) is 1.52. The number of aryl methyl sites for hydroxylation is 1. The van der Waals surface area contributed by atoms with E-state index in [1.165, 1.54) is 6.92 Å². The number of rotatable bonds is 1. The van der Waals surface area contributed by atoms with Crippen LogP contribution in [0.3, 0.4) is 0 Å². The summed E-state index contributed by atoms with van der Waals surface area (Å²) in [5.41, 5.74) is -2.08. The molecule has 4 rings (SSSR count). The van der Waals surface area contributed by atoms with Gasteiger partial charge in [0.2, 0.25) is 5.71 Å². The average molecular weight is 331 g/mol. The highest BCUT2D eigenvalue weighted by Gasteiger charge is 2.49. The van der Waals surface area contributed by atoms with Crippen LogP contribution in [0, 0.1) is 12.3 Å². The van der Waals surface area contributed by atoms with Gasteiger partial charge in [0.1, 0.15) is 0 Å². The van der Waals surface area contributed by atoms with Crippen molar-refractivity contribution in [2.45, 2.75) is 59.4 Å². The minimum atomic E-state index is -3.09. The highest BCUT2D eigenvalue weighted by atomic mass is 16.3. The minimum absolute atomic E-state index is 0.403. The molecule has 0 aliphatic carbocycles. The second kappa shape index (κ2) is 4.75. The molecule has 1 fully saturated rings. The van der Waals surface area contributed by atoms with Crippen LogP contribution < -0.4 is 4.90 Å². The molecular formula is C21H26N2O. The van der Waals surface area contributed by atoms with Crippen molar-refractivity contribution >= 4 is 27.8 Å². The monoisotopic (exact) mass is 330 g/mol. The van der Waals surface area contributed by atoms with Crippen molar-refractivity contribution in [3.8, 4) is 0 Å². The molecule has 3 nitrogen and oxygen atoms in total. The van der Waals surface area contributed by atoms with Gasteiger partial charge >= 0.3 is 0 Å². The van der Waals surface area contributed by atoms with Crippen molar-refractivity contribution < 1.29 is 15.4 Å². The van der Waals surface area contributed by atoms with Gasteiger partial charge in [0.25, 0.3) is 0 Å². The fourth-order valence-electron chi connectivity index (χ4n) is 3.86. The number of furan rings is 1. The van der Waals surface area contributed by atoms with Crippen molar-refractivity contribution in [1.29, 1.82) is 0 Å². The molecule has 1 aliphatic heterocycles. The maximum Gasteiger partial charge on any atom is 0.227 e. The van der Waals surface area contributed by atoms with Crippen molar-refractivity contribution in [2.24, 2.45) is 5.41 Å². The van der Waals surface area contributed by atoms with E-state index in [-0.39, 0.29) is 0 Å². The van der Waals surface area contributed by atoms with Crippen molar-refractivity contribution in [3.05, 3.63) is 36.0 Å². The zero-order valence-electron chi connectivity index (χ0n) is 22.3. The average Bonchev–Trinajstić information content (AvgIpc) is 3.05. The highest BCUT2D eigenvalue weighted by molar-refractivity contribution is 6.08. The third-order valence-electron chi connectivity index (χ3n) is 4.95. The van der Waals surface area contributed by atoms with E-state index >= 15 is 0 Å². The van der Waals surface area contributed by atoms with Crippen LogP contribution in [-0.2, 0) is 0 Å². The van der Waals surface area contributed by atoms with E-state index in [0.717, 1.165) is 16.3 Å². The zero-order valence-corrected chi connectivity index (χ0v) is 14.3. The van der Waals surface area contributed by atoms with Gasteiger partial charge in [0.15, 0.2) is 5.58 Å². The molecule has 0 spiro atoms. The molecule has 1 aromatic carbocycles. The van der Waals surface area contributed by atoms with Gasteiger partial charge in [-0.25, -0.2) is 4.98 Å². The number of benzene rings is 1. The summed E-state index contributed by atoms with van der Waals surface area (Å²) < 4.78 is 73.4. The molecule has 3 heterocycles. The Morgan fingerprint density at radius 1 is 1.29 bits per heavy atom. The summed E-state index contributed by atoms with van der Waals surface area (Å²) in [7, 11) is 0. The maximum atomic E-state index is 8.96. The van der Waals surface area contributed by atoms with E-state index in [9.17, 15) is 0 Å². The Bertz CT molecular complexity index is 1190. The normalized spacial score (nSPS) is 30.7. The quantitative estimate of drug-likeness (QED) is 0.574. The third-order valence-corrected chi connectivity index (χ3v) is 4.95. The minimum Gasteiger partial charge on any atom is -0.436 e. The Hall–Kier alpha value is -2.03. The number of pyridine rings is 1. The largest absolute Gasteiger partial charge is 0.436 e. The predicted octanol–water partition coefficient (Wildman–Crippen LogP) is 5.69. The smallest absolute Gasteiger partial charge is 0.227 e. The number of hydrogen-bond acceptors (Lipinski definition) is 3. The second-order valence-electron chi connectivity index (χ2n) is 7.10. The molecular weight excluding hydrogens is 296 g/mol. The molecule has 126 valence electrons. The molecule has 0 radical (unpaired) electrons. The molecule has 24 heavy (non-hydrogen) atoms. The molecule has 3 aromatic rings. The summed E-state index contributed by atoms with van der Waals surface area (Å²) in [5.74, 6) is 0. The van der Waals surface area contributed by atoms with Gasteiger partial charge in [-0.3, -0.25) is 0 Å². The fraction of sp³-hybridized carbons (Fsp3) is 0.476. The lowest BCUT2D eigenvalue weighted by molar-refractivity contribution is 0.329. The number of aromatic nitrogens is 1. The molecule has 2 aromatic heterocycles. The Kier molecular flexibility index (Phi) is 1.76. The van der Waals surface area contributed by atoms with E-state index in [2.05, 4.69) is 4.98 Å². The van der Waals surface area contributed by atoms with Crippen LogP contribution >= 0.6 is 0 Å². The fourth-order valence-corrected chi connectivity index (χ4v) is 3.86. The van der Waals surface area contributed by atoms with Crippen molar-refractivity contribution in [3.63, 3.8) is 0 Å². The highest BCUT2D eigenvalue weighted by Crippen LogP contribution is 2.51. The molecule has 1 aliphatic rings. The molecule has 1 saturated heterocycles. The summed E-state index contributed by atoms with van der Waals surface area (Å²) in [4.78, 5) is 5.87. The van der Waals surface area contributed by atoms with Gasteiger partial charge in [-0.2, -0.15) is 0 Å². The summed E-state index contributed by atoms with van der Waals surface area (Å²) >= 11 is 0. The van der Waals surface area contributed by atoms with Crippen LogP contribution in [0.4, 0.5) is 5.69 Å². The van der Waals surface area contributed by atoms with Gasteiger partial charge < -0.3 is 9.32 Å². The SMILES string of the molecule is [2H]C([2H])([2H])C1(C([2H])([2H])[2H])[C@H](C)N(c2c(C)ccc3c2oc2ncccc23)C(C)(C)C1([2H])[2H]. The third kappa shape index (κ3) is 2.00. The molecule has 1 atom stereocenters. The van der Waals surface area contributed by atoms with Crippen LogP contribution in [-0.4, -0.2) is 16.6 Å². The number of nitrogens with zero attached hydrogens (tertiary/aromatic N) is 2. The van der Waals surface area contributed by atoms with E-state index in [1.807, 2.05) is 25.1 Å². The van der Waals surface area contributed by atoms with Gasteiger partial charge in [-0.05, 0) is 57.2 Å². The molecule has 0 unspecified atom stereocenters. The lowest BCUT2D eigenvalue weighted by Crippen LogP contribution is -2.43. The molecule has 3 heteroatoms. The lowest BCUT2D eigenvalue weighted by atomic mass is 9.82. The Morgan fingerprint density at radius 3 is 2.79 bits per heavy atom. The second-order valence-corrected chi connectivity index (χ2v) is 7.10. The van der Waals surface area contributed by atoms with E-state index in [1.54, 1.807) is 31.0 Å². The lowest BCUT2D eigenvalue weighted by Gasteiger charge is -2.38. The Morgan fingerprint density at radius 2 is 2.08 bits per heavy atom. The Balaban J connectivity index is 2.12. The summed E-state index contributed by atoms with van der Waals surface area (Å²) in [6, 6.07) is 6.18. The van der Waals surface area contributed by atoms with Gasteiger partial charge in [-0.15, -0.1) is 0 Å². The predicted molar refractivity (Wildman–Crippen MR) is 101 cm³/mol. The molecule has 0 saturated carbocycles. The van der Waals surface area contributed by atoms with E-state index < -0.39 is 37.1 Å². The van der Waals surface area contributed by atoms with Crippen molar-refractivity contribution in [2.75, 3.05) is 4.90 Å². The first-order chi connectivity index (χ1) is 14.5. The number of anilines is 1. The van der Waals surface area contributed by atoms with Gasteiger partial charge in [0.05, 0.1) is 5.69 Å². The van der Waals surface area contributed by atoms with E-state index in [0.29, 0.717) is 17.0 Å². The van der Waals surface area contributed by atoms with Crippen LogP contribution in [0.1, 0.15) is 57.4 Å². The summed E-state index contributed by atoms with van der Waals surface area (Å²) in [6.07, 6.45) is -0.999. The first-order valence-corrected chi connectivity index (χ1v) is 8.08. The number of hydrogen-bond donors (Lipinski definition) is 0. The van der Waals surface area contributed by atoms with Crippen molar-refractivity contribution in [1.82, 2.24) is 4.98 Å². The first kappa shape index (κ1) is 8.89. The maximum absolute atomic E-state index is 8.96. The van der Waals surface area contributed by atoms with Gasteiger partial charge in [0, 0.05) is 39.5 Å². The van der Waals surface area contributed by atoms with Crippen LogP contribution in [0.15, 0.2) is 34.9 Å². The van der Waals surface area contributed by atoms with Crippen LogP contribution in [0.5, 0.6) is 0 Å². The molecule has 0 amide bonds. The number of fused-ring (bicyclic) bond motifs is 3. The van der Waals surface area contributed by atoms with Crippen LogP contribution in [0.2, 0.25) is 0 Å². The topological polar surface area (TPSA) is 29.3 Å². The van der Waals surface area contributed by atoms with Gasteiger partial charge in [-0.1, -0.05) is 25.8 Å². The molecule has 0 bridgehead atoms. The first-order valence-electron chi connectivity index (χ1n) is 12.1. The van der Waals surface area contributed by atoms with E-state index in [4.69, 9.17) is 15.4 Å². The standard InChI is InChI=1S/C21H26N2O/c1-13-9-10-15-16-8-7-11-22-19(16)24-18(15)17(13)23-14(2)20(3,4)12-21(23,5)6/h7-11,14H,12H2,1-6H3/t14-/m0/s1/i3D3,4D3,12D2. The molecule has 0 N–H and O–H groups in total. The zero-order chi connectivity index (χ0) is 24.1. The summed E-state index contributed by atoms with van der Waals surface area (Å²) in [6.45, 7) is 0.238.